The van der Waals surface area contributed by atoms with Crippen molar-refractivity contribution in [3.63, 3.8) is 0 Å². The van der Waals surface area contributed by atoms with Gasteiger partial charge in [-0.15, -0.1) is 11.3 Å². The molecule has 3 heterocycles. The predicted molar refractivity (Wildman–Crippen MR) is 144 cm³/mol. The molecule has 0 amide bonds. The van der Waals surface area contributed by atoms with Gasteiger partial charge < -0.3 is 9.47 Å². The number of pyridine rings is 1. The summed E-state index contributed by atoms with van der Waals surface area (Å²) in [6.45, 7) is -0.800. The van der Waals surface area contributed by atoms with Crippen LogP contribution in [-0.2, 0) is 0 Å². The second-order valence-corrected chi connectivity index (χ2v) is 9.94. The fraction of sp³-hybridized carbons (Fsp3) is 0.130. The topological polar surface area (TPSA) is 79.1 Å². The molecule has 0 unspecified atom stereocenters. The van der Waals surface area contributed by atoms with E-state index in [-0.39, 0.29) is 22.3 Å². The van der Waals surface area contributed by atoms with Gasteiger partial charge in [0.05, 0.1) is 27.0 Å². The SMILES string of the molecule is BC(B)(B)Oc1ccc(-c2c(=O)n(-c3ccc4ncsc4c3)nc3ccc(OCC(F)F)nc23)cc1. The summed E-state index contributed by atoms with van der Waals surface area (Å²) in [4.78, 5) is 22.5. The van der Waals surface area contributed by atoms with Crippen molar-refractivity contribution in [2.75, 3.05) is 6.61 Å². The zero-order valence-electron chi connectivity index (χ0n) is 19.7. The molecule has 36 heavy (non-hydrogen) atoms. The summed E-state index contributed by atoms with van der Waals surface area (Å²) in [6.07, 6.45) is -2.65. The van der Waals surface area contributed by atoms with Gasteiger partial charge in [0.1, 0.15) is 40.3 Å². The minimum Gasteiger partial charge on any atom is -0.514 e. The van der Waals surface area contributed by atoms with Crippen LogP contribution in [0.15, 0.2) is 64.9 Å². The first-order valence-electron chi connectivity index (χ1n) is 11.2. The van der Waals surface area contributed by atoms with Crippen LogP contribution in [-0.4, -0.2) is 61.6 Å². The molecule has 0 N–H and O–H groups in total. The maximum atomic E-state index is 13.8. The van der Waals surface area contributed by atoms with Crippen molar-refractivity contribution in [3.8, 4) is 28.4 Å². The van der Waals surface area contributed by atoms with Crippen LogP contribution in [0.2, 0.25) is 0 Å². The van der Waals surface area contributed by atoms with Gasteiger partial charge in [-0.1, -0.05) is 12.1 Å². The second-order valence-electron chi connectivity index (χ2n) is 9.05. The lowest BCUT2D eigenvalue weighted by atomic mass is 9.52. The largest absolute Gasteiger partial charge is 0.514 e. The lowest BCUT2D eigenvalue weighted by molar-refractivity contribution is 0.0798. The number of benzene rings is 2. The number of thiazole rings is 1. The van der Waals surface area contributed by atoms with E-state index in [2.05, 4.69) is 15.1 Å². The average Bonchev–Trinajstić information content (AvgIpc) is 3.30. The Labute approximate surface area is 211 Å². The van der Waals surface area contributed by atoms with Gasteiger partial charge in [0.15, 0.2) is 6.61 Å². The quantitative estimate of drug-likeness (QED) is 0.315. The maximum absolute atomic E-state index is 13.8. The van der Waals surface area contributed by atoms with Crippen molar-refractivity contribution in [2.24, 2.45) is 0 Å². The summed E-state index contributed by atoms with van der Waals surface area (Å²) in [7, 11) is 5.84. The lowest BCUT2D eigenvalue weighted by Gasteiger charge is -2.22. The lowest BCUT2D eigenvalue weighted by Crippen LogP contribution is -2.37. The molecule has 0 aliphatic carbocycles. The van der Waals surface area contributed by atoms with Crippen molar-refractivity contribution in [1.29, 1.82) is 0 Å². The fourth-order valence-corrected chi connectivity index (χ4v) is 4.45. The first-order chi connectivity index (χ1) is 17.2. The van der Waals surface area contributed by atoms with Crippen LogP contribution in [0.3, 0.4) is 0 Å². The summed E-state index contributed by atoms with van der Waals surface area (Å²) < 4.78 is 38.6. The molecule has 0 radical (unpaired) electrons. The molecule has 5 aromatic rings. The van der Waals surface area contributed by atoms with Crippen LogP contribution < -0.4 is 15.0 Å². The van der Waals surface area contributed by atoms with Gasteiger partial charge in [0, 0.05) is 11.4 Å². The van der Waals surface area contributed by atoms with E-state index in [9.17, 15) is 13.6 Å². The van der Waals surface area contributed by atoms with Crippen molar-refractivity contribution < 1.29 is 18.3 Å². The van der Waals surface area contributed by atoms with Crippen molar-refractivity contribution in [3.05, 3.63) is 70.5 Å². The molecule has 7 nitrogen and oxygen atoms in total. The highest BCUT2D eigenvalue weighted by Crippen LogP contribution is 2.28. The Bertz CT molecular complexity index is 1620. The second kappa shape index (κ2) is 9.38. The van der Waals surface area contributed by atoms with Crippen molar-refractivity contribution in [1.82, 2.24) is 19.7 Å². The first-order valence-corrected chi connectivity index (χ1v) is 12.0. The number of nitrogens with zero attached hydrogens (tertiary/aromatic N) is 4. The number of ether oxygens (including phenoxy) is 2. The molecule has 3 aromatic heterocycles. The number of hydrogen-bond acceptors (Lipinski definition) is 7. The predicted octanol–water partition coefficient (Wildman–Crippen LogP) is 1.59. The van der Waals surface area contributed by atoms with Gasteiger partial charge in [-0.2, -0.15) is 9.78 Å². The molecule has 0 spiro atoms. The van der Waals surface area contributed by atoms with Crippen LogP contribution in [0, 0.1) is 0 Å². The zero-order valence-corrected chi connectivity index (χ0v) is 20.6. The molecule has 13 heteroatoms. The standard InChI is InChI=1S/C23H19B3F2N4O3S/c24-23(25,26)35-14-4-1-12(2-5-14)20-21-16(7-8-19(30-21)34-10-18(27)28)31-32(22(20)33)13-3-6-15-17(9-13)36-11-29-15/h1-9,11,18H,10,24-26H2. The molecule has 0 atom stereocenters. The van der Waals surface area contributed by atoms with E-state index < -0.39 is 18.6 Å². The summed E-state index contributed by atoms with van der Waals surface area (Å²) in [5.74, 6) is 0.635. The molecule has 0 saturated heterocycles. The molecule has 0 aliphatic heterocycles. The minimum atomic E-state index is -2.65. The maximum Gasteiger partial charge on any atom is 0.281 e. The van der Waals surface area contributed by atoms with E-state index in [1.54, 1.807) is 41.9 Å². The average molecular weight is 502 g/mol. The number of fused-ring (bicyclic) bond motifs is 2. The molecule has 178 valence electrons. The highest BCUT2D eigenvalue weighted by Gasteiger charge is 2.19. The van der Waals surface area contributed by atoms with Crippen molar-refractivity contribution in [2.45, 2.75) is 11.7 Å². The zero-order chi connectivity index (χ0) is 25.4. The van der Waals surface area contributed by atoms with Gasteiger partial charge in [-0.3, -0.25) is 4.79 Å². The van der Waals surface area contributed by atoms with Gasteiger partial charge >= 0.3 is 0 Å². The molecule has 0 fully saturated rings. The third kappa shape index (κ3) is 4.97. The highest BCUT2D eigenvalue weighted by atomic mass is 32.1. The van der Waals surface area contributed by atoms with Gasteiger partial charge in [-0.25, -0.2) is 18.7 Å². The van der Waals surface area contributed by atoms with E-state index in [1.807, 2.05) is 35.7 Å². The smallest absolute Gasteiger partial charge is 0.281 e. The Kier molecular flexibility index (Phi) is 6.25. The molecule has 0 aliphatic rings. The fourth-order valence-electron chi connectivity index (χ4n) is 3.74. The monoisotopic (exact) mass is 502 g/mol. The summed E-state index contributed by atoms with van der Waals surface area (Å²) in [5.41, 5.74) is 4.26. The Morgan fingerprint density at radius 2 is 1.78 bits per heavy atom. The van der Waals surface area contributed by atoms with Crippen molar-refractivity contribution >= 4 is 56.1 Å². The Balaban J connectivity index is 1.69. The molecule has 0 saturated carbocycles. The van der Waals surface area contributed by atoms with E-state index in [1.165, 1.54) is 22.1 Å². The molecular formula is C23H19B3F2N4O3S. The van der Waals surface area contributed by atoms with E-state index in [0.29, 0.717) is 22.5 Å². The third-order valence-corrected chi connectivity index (χ3v) is 5.97. The number of hydrogen-bond donors (Lipinski definition) is 0. The van der Waals surface area contributed by atoms with E-state index in [4.69, 9.17) is 9.47 Å². The summed E-state index contributed by atoms with van der Waals surface area (Å²) >= 11 is 1.46. The Morgan fingerprint density at radius 1 is 1.03 bits per heavy atom. The highest BCUT2D eigenvalue weighted by molar-refractivity contribution is 7.16. The molecular weight excluding hydrogens is 483 g/mol. The van der Waals surface area contributed by atoms with E-state index in [0.717, 1.165) is 10.2 Å². The van der Waals surface area contributed by atoms with Gasteiger partial charge in [0.25, 0.3) is 12.0 Å². The number of aromatic nitrogens is 4. The summed E-state index contributed by atoms with van der Waals surface area (Å²) in [6, 6.07) is 15.6. The van der Waals surface area contributed by atoms with E-state index >= 15 is 0 Å². The van der Waals surface area contributed by atoms with Crippen LogP contribution in [0.1, 0.15) is 0 Å². The van der Waals surface area contributed by atoms with Crippen LogP contribution in [0.25, 0.3) is 38.1 Å². The number of halogens is 2. The first kappa shape index (κ1) is 24.0. The van der Waals surface area contributed by atoms with Crippen LogP contribution >= 0.6 is 11.3 Å². The van der Waals surface area contributed by atoms with Crippen LogP contribution in [0.4, 0.5) is 8.78 Å². The minimum absolute atomic E-state index is 0.0123. The number of rotatable bonds is 7. The Morgan fingerprint density at radius 3 is 2.50 bits per heavy atom. The Hall–Kier alpha value is -3.73. The number of alkyl halides is 2. The molecule has 2 aromatic carbocycles. The third-order valence-electron chi connectivity index (χ3n) is 5.18. The van der Waals surface area contributed by atoms with Crippen LogP contribution in [0.5, 0.6) is 11.6 Å². The molecule has 5 rings (SSSR count). The normalized spacial score (nSPS) is 11.9. The summed E-state index contributed by atoms with van der Waals surface area (Å²) in [5, 5.41) is 4.14. The molecule has 0 bridgehead atoms. The van der Waals surface area contributed by atoms with Gasteiger partial charge in [0.2, 0.25) is 5.88 Å². The van der Waals surface area contributed by atoms with Gasteiger partial charge in [-0.05, 0) is 42.0 Å².